The van der Waals surface area contributed by atoms with Gasteiger partial charge in [0.15, 0.2) is 6.10 Å². The summed E-state index contributed by atoms with van der Waals surface area (Å²) >= 11 is 0. The highest BCUT2D eigenvalue weighted by molar-refractivity contribution is 7.47. The Labute approximate surface area is 478 Å². The third kappa shape index (κ3) is 57.6. The topological polar surface area (TPSA) is 155 Å². The zero-order valence-corrected chi connectivity index (χ0v) is 51.0. The Bertz CT molecular complexity index is 1590. The number of aliphatic hydroxyl groups is 1. The Kier molecular flexibility index (Phi) is 57.7. The predicted molar refractivity (Wildman–Crippen MR) is 325 cm³/mol. The molecule has 0 aromatic heterocycles. The van der Waals surface area contributed by atoms with Crippen molar-refractivity contribution in [2.45, 2.75) is 303 Å². The maximum Gasteiger partial charge on any atom is 0.472 e. The standard InChI is InChI=1S/C66H117O11P/c1-4-7-10-13-16-19-22-25-28-30-31-33-36-39-42-45-48-51-54-57-66(70)77-63(59-73-64(68)55-52-49-46-43-40-37-35-32-29-26-23-20-17-14-11-8-5-2)61-75-78(71,72)74-60-62(58-67)76-65(69)56-53-50-47-44-41-38-34-27-24-21-18-15-12-9-6-3/h8,11,16-17,19-20,25-26,28-29,35,37,62-63,67H,4-7,9-10,12-15,18,21-24,27,30-34,36,38-61H2,1-3H3,(H,71,72)/b11-8-,19-16-,20-17-,28-25-,29-26-,37-35-. The summed E-state index contributed by atoms with van der Waals surface area (Å²) in [6.07, 6.45) is 68.5. The number of allylic oxidation sites excluding steroid dienone is 12. The Morgan fingerprint density at radius 1 is 0.372 bits per heavy atom. The van der Waals surface area contributed by atoms with Gasteiger partial charge in [-0.15, -0.1) is 0 Å². The van der Waals surface area contributed by atoms with Crippen molar-refractivity contribution in [2.24, 2.45) is 0 Å². The van der Waals surface area contributed by atoms with Crippen LogP contribution in [0.1, 0.15) is 290 Å². The van der Waals surface area contributed by atoms with Crippen molar-refractivity contribution in [1.29, 1.82) is 0 Å². The van der Waals surface area contributed by atoms with E-state index in [4.69, 9.17) is 23.3 Å². The first-order valence-electron chi connectivity index (χ1n) is 31.8. The summed E-state index contributed by atoms with van der Waals surface area (Å²) in [5.41, 5.74) is 0. The van der Waals surface area contributed by atoms with Crippen LogP contribution >= 0.6 is 7.82 Å². The number of esters is 3. The van der Waals surface area contributed by atoms with Crippen LogP contribution in [0.25, 0.3) is 0 Å². The molecule has 0 bridgehead atoms. The fourth-order valence-electron chi connectivity index (χ4n) is 8.79. The molecule has 0 radical (unpaired) electrons. The van der Waals surface area contributed by atoms with Gasteiger partial charge >= 0.3 is 25.7 Å². The van der Waals surface area contributed by atoms with Gasteiger partial charge in [0.1, 0.15) is 12.7 Å². The average molecular weight is 1120 g/mol. The predicted octanol–water partition coefficient (Wildman–Crippen LogP) is 19.3. The number of hydrogen-bond donors (Lipinski definition) is 2. The number of carbonyl (C=O) groups is 3. The molecule has 0 aromatic carbocycles. The molecule has 0 aliphatic carbocycles. The van der Waals surface area contributed by atoms with Crippen molar-refractivity contribution in [3.63, 3.8) is 0 Å². The summed E-state index contributed by atoms with van der Waals surface area (Å²) in [4.78, 5) is 48.7. The molecule has 0 aliphatic rings. The fraction of sp³-hybridized carbons (Fsp3) is 0.773. The van der Waals surface area contributed by atoms with Crippen molar-refractivity contribution < 1.29 is 52.2 Å². The van der Waals surface area contributed by atoms with Gasteiger partial charge in [-0.25, -0.2) is 4.57 Å². The third-order valence-electron chi connectivity index (χ3n) is 13.6. The lowest BCUT2D eigenvalue weighted by Crippen LogP contribution is -2.30. The van der Waals surface area contributed by atoms with Gasteiger partial charge in [-0.1, -0.05) is 254 Å². The van der Waals surface area contributed by atoms with E-state index < -0.39 is 57.8 Å². The Hall–Kier alpha value is -3.08. The number of unbranched alkanes of at least 4 members (excludes halogenated alkanes) is 30. The zero-order chi connectivity index (χ0) is 56.9. The number of ether oxygens (including phenoxy) is 3. The van der Waals surface area contributed by atoms with E-state index in [9.17, 15) is 28.9 Å². The lowest BCUT2D eigenvalue weighted by Gasteiger charge is -2.21. The summed E-state index contributed by atoms with van der Waals surface area (Å²) in [6, 6.07) is 0. The van der Waals surface area contributed by atoms with E-state index in [1.807, 2.05) is 0 Å². The summed E-state index contributed by atoms with van der Waals surface area (Å²) < 4.78 is 39.7. The van der Waals surface area contributed by atoms with Crippen LogP contribution in [-0.4, -0.2) is 66.5 Å². The zero-order valence-electron chi connectivity index (χ0n) is 50.1. The molecule has 3 atom stereocenters. The van der Waals surface area contributed by atoms with Gasteiger partial charge in [0, 0.05) is 19.3 Å². The molecule has 0 saturated heterocycles. The molecule has 12 heteroatoms. The monoisotopic (exact) mass is 1120 g/mol. The SMILES string of the molecule is CC/C=C\C/C=C\C/C=C\C/C=C\CCCCCCC(=O)OCC(COP(=O)(O)OCC(CO)OC(=O)CCCCCCCCCCCCCCCCC)OC(=O)CCCCCCCCCCC/C=C\C/C=C\CCCCC. The van der Waals surface area contributed by atoms with E-state index >= 15 is 0 Å². The molecule has 452 valence electrons. The largest absolute Gasteiger partial charge is 0.472 e. The first-order chi connectivity index (χ1) is 38.2. The Morgan fingerprint density at radius 2 is 0.667 bits per heavy atom. The van der Waals surface area contributed by atoms with Crippen LogP contribution in [0.3, 0.4) is 0 Å². The molecule has 0 aromatic rings. The van der Waals surface area contributed by atoms with Crippen LogP contribution in [0.15, 0.2) is 72.9 Å². The molecule has 3 unspecified atom stereocenters. The lowest BCUT2D eigenvalue weighted by molar-refractivity contribution is -0.161. The highest BCUT2D eigenvalue weighted by atomic mass is 31.2. The number of rotatable bonds is 59. The Morgan fingerprint density at radius 3 is 1.05 bits per heavy atom. The van der Waals surface area contributed by atoms with Crippen LogP contribution in [-0.2, 0) is 42.2 Å². The average Bonchev–Trinajstić information content (AvgIpc) is 3.43. The van der Waals surface area contributed by atoms with E-state index in [1.165, 1.54) is 128 Å². The highest BCUT2D eigenvalue weighted by Gasteiger charge is 2.28. The van der Waals surface area contributed by atoms with Crippen molar-refractivity contribution in [1.82, 2.24) is 0 Å². The quantitative estimate of drug-likeness (QED) is 0.0197. The van der Waals surface area contributed by atoms with Gasteiger partial charge in [0.05, 0.1) is 19.8 Å². The number of phosphoric ester groups is 1. The molecule has 78 heavy (non-hydrogen) atoms. The van der Waals surface area contributed by atoms with Gasteiger partial charge in [0.25, 0.3) is 0 Å². The number of hydrogen-bond acceptors (Lipinski definition) is 10. The van der Waals surface area contributed by atoms with Crippen LogP contribution in [0.5, 0.6) is 0 Å². The lowest BCUT2D eigenvalue weighted by atomic mass is 10.0. The van der Waals surface area contributed by atoms with Gasteiger partial charge in [-0.05, 0) is 89.9 Å². The molecule has 0 rings (SSSR count). The van der Waals surface area contributed by atoms with Gasteiger partial charge in [-0.3, -0.25) is 23.4 Å². The minimum absolute atomic E-state index is 0.157. The second-order valence-electron chi connectivity index (χ2n) is 21.2. The normalized spacial score (nSPS) is 13.8. The number of phosphoric acid groups is 1. The van der Waals surface area contributed by atoms with E-state index in [2.05, 4.69) is 93.7 Å². The second-order valence-corrected chi connectivity index (χ2v) is 22.7. The maximum absolute atomic E-state index is 13.0. The van der Waals surface area contributed by atoms with Gasteiger partial charge in [0.2, 0.25) is 0 Å². The third-order valence-corrected chi connectivity index (χ3v) is 14.6. The molecule has 0 aliphatic heterocycles. The minimum Gasteiger partial charge on any atom is -0.462 e. The molecule has 0 heterocycles. The number of carbonyl (C=O) groups excluding carboxylic acids is 3. The van der Waals surface area contributed by atoms with Gasteiger partial charge in [-0.2, -0.15) is 0 Å². The molecule has 11 nitrogen and oxygen atoms in total. The summed E-state index contributed by atoms with van der Waals surface area (Å²) in [5, 5.41) is 9.85. The van der Waals surface area contributed by atoms with Crippen molar-refractivity contribution in [3.8, 4) is 0 Å². The Balaban J connectivity index is 4.73. The summed E-state index contributed by atoms with van der Waals surface area (Å²) in [5.74, 6) is -1.48. The van der Waals surface area contributed by atoms with Crippen LogP contribution < -0.4 is 0 Å². The molecule has 0 amide bonds. The first kappa shape index (κ1) is 74.9. The van der Waals surface area contributed by atoms with Crippen LogP contribution in [0.2, 0.25) is 0 Å². The minimum atomic E-state index is -4.76. The van der Waals surface area contributed by atoms with Crippen molar-refractivity contribution >= 4 is 25.7 Å². The first-order valence-corrected chi connectivity index (χ1v) is 33.3. The van der Waals surface area contributed by atoms with E-state index in [1.54, 1.807) is 0 Å². The molecular formula is C66H117O11P. The van der Waals surface area contributed by atoms with Gasteiger partial charge < -0.3 is 24.2 Å². The molecule has 0 spiro atoms. The summed E-state index contributed by atoms with van der Waals surface area (Å²) in [6.45, 7) is 4.52. The maximum atomic E-state index is 13.0. The molecule has 2 N–H and O–H groups in total. The summed E-state index contributed by atoms with van der Waals surface area (Å²) in [7, 11) is -4.76. The van der Waals surface area contributed by atoms with E-state index in [0.717, 1.165) is 103 Å². The van der Waals surface area contributed by atoms with Crippen molar-refractivity contribution in [2.75, 3.05) is 26.4 Å². The molecule has 0 saturated carbocycles. The smallest absolute Gasteiger partial charge is 0.462 e. The van der Waals surface area contributed by atoms with Crippen LogP contribution in [0.4, 0.5) is 0 Å². The fourth-order valence-corrected chi connectivity index (χ4v) is 9.57. The van der Waals surface area contributed by atoms with E-state index in [-0.39, 0.29) is 25.9 Å². The van der Waals surface area contributed by atoms with E-state index in [0.29, 0.717) is 19.3 Å². The highest BCUT2D eigenvalue weighted by Crippen LogP contribution is 2.43. The number of aliphatic hydroxyl groups excluding tert-OH is 1. The van der Waals surface area contributed by atoms with Crippen LogP contribution in [0, 0.1) is 0 Å². The van der Waals surface area contributed by atoms with Crippen molar-refractivity contribution in [3.05, 3.63) is 72.9 Å². The second kappa shape index (κ2) is 60.0. The molecular weight excluding hydrogens is 1000 g/mol. The molecule has 0 fully saturated rings.